The third-order valence-corrected chi connectivity index (χ3v) is 1.62. The first-order chi connectivity index (χ1) is 5.49. The summed E-state index contributed by atoms with van der Waals surface area (Å²) in [5.41, 5.74) is -0.668. The Kier molecular flexibility index (Phi) is 5.09. The quantitative estimate of drug-likeness (QED) is 0.600. The molecule has 0 aliphatic heterocycles. The zero-order valence-electron chi connectivity index (χ0n) is 8.21. The highest BCUT2D eigenvalue weighted by atomic mass is 16.3. The molecule has 72 valence electrons. The second-order valence-corrected chi connectivity index (χ2v) is 3.64. The van der Waals surface area contributed by atoms with Crippen molar-refractivity contribution in [1.82, 2.24) is 4.90 Å². The largest absolute Gasteiger partial charge is 0.389 e. The molecule has 0 aliphatic carbocycles. The van der Waals surface area contributed by atoms with Gasteiger partial charge in [-0.3, -0.25) is 0 Å². The molecule has 0 bridgehead atoms. The predicted octanol–water partition coefficient (Wildman–Crippen LogP) is 0.668. The third-order valence-electron chi connectivity index (χ3n) is 1.62. The highest BCUT2D eigenvalue weighted by Gasteiger charge is 2.16. The van der Waals surface area contributed by atoms with Gasteiger partial charge in [-0.1, -0.05) is 6.92 Å². The van der Waals surface area contributed by atoms with Crippen molar-refractivity contribution in [3.05, 3.63) is 0 Å². The SMILES string of the molecule is CCN(CCC=O)CC(C)(C)O. The Balaban J connectivity index is 3.74. The maximum absolute atomic E-state index is 10.1. The molecule has 0 spiro atoms. The molecule has 0 rings (SSSR count). The van der Waals surface area contributed by atoms with Crippen LogP contribution in [0, 0.1) is 0 Å². The zero-order chi connectivity index (χ0) is 9.61. The molecule has 0 unspecified atom stereocenters. The van der Waals surface area contributed by atoms with Gasteiger partial charge in [0.05, 0.1) is 5.60 Å². The van der Waals surface area contributed by atoms with Crippen molar-refractivity contribution in [2.75, 3.05) is 19.6 Å². The van der Waals surface area contributed by atoms with Crippen molar-refractivity contribution in [3.8, 4) is 0 Å². The monoisotopic (exact) mass is 173 g/mol. The van der Waals surface area contributed by atoms with Gasteiger partial charge in [-0.15, -0.1) is 0 Å². The van der Waals surface area contributed by atoms with Crippen LogP contribution in [0.4, 0.5) is 0 Å². The number of aliphatic hydroxyl groups is 1. The summed E-state index contributed by atoms with van der Waals surface area (Å²) in [6.07, 6.45) is 1.46. The van der Waals surface area contributed by atoms with Crippen LogP contribution in [0.3, 0.4) is 0 Å². The molecule has 3 heteroatoms. The predicted molar refractivity (Wildman–Crippen MR) is 49.1 cm³/mol. The Hall–Kier alpha value is -0.410. The van der Waals surface area contributed by atoms with Crippen molar-refractivity contribution < 1.29 is 9.90 Å². The van der Waals surface area contributed by atoms with Crippen LogP contribution in [0.2, 0.25) is 0 Å². The molecule has 0 radical (unpaired) electrons. The molecule has 0 amide bonds. The standard InChI is InChI=1S/C9H19NO2/c1-4-10(6-5-7-11)8-9(2,3)12/h7,12H,4-6,8H2,1-3H3. The molecular weight excluding hydrogens is 154 g/mol. The fourth-order valence-electron chi connectivity index (χ4n) is 1.13. The Bertz CT molecular complexity index is 129. The summed E-state index contributed by atoms with van der Waals surface area (Å²) in [6, 6.07) is 0. The van der Waals surface area contributed by atoms with E-state index in [1.165, 1.54) is 0 Å². The number of hydrogen-bond donors (Lipinski definition) is 1. The van der Waals surface area contributed by atoms with E-state index < -0.39 is 5.60 Å². The van der Waals surface area contributed by atoms with Crippen LogP contribution in [-0.2, 0) is 4.79 Å². The summed E-state index contributed by atoms with van der Waals surface area (Å²) < 4.78 is 0. The van der Waals surface area contributed by atoms with Crippen LogP contribution in [0.15, 0.2) is 0 Å². The molecule has 3 nitrogen and oxygen atoms in total. The van der Waals surface area contributed by atoms with Gasteiger partial charge in [0.15, 0.2) is 0 Å². The molecule has 0 aromatic carbocycles. The van der Waals surface area contributed by atoms with Gasteiger partial charge >= 0.3 is 0 Å². The summed E-state index contributed by atoms with van der Waals surface area (Å²) in [5.74, 6) is 0. The fourth-order valence-corrected chi connectivity index (χ4v) is 1.13. The van der Waals surface area contributed by atoms with Crippen LogP contribution in [0.1, 0.15) is 27.2 Å². The second kappa shape index (κ2) is 5.27. The highest BCUT2D eigenvalue weighted by Crippen LogP contribution is 2.04. The topological polar surface area (TPSA) is 40.5 Å². The summed E-state index contributed by atoms with van der Waals surface area (Å²) in [5, 5.41) is 9.49. The highest BCUT2D eigenvalue weighted by molar-refractivity contribution is 5.49. The van der Waals surface area contributed by atoms with Crippen LogP contribution in [0.25, 0.3) is 0 Å². The van der Waals surface area contributed by atoms with E-state index in [1.54, 1.807) is 13.8 Å². The smallest absolute Gasteiger partial charge is 0.121 e. The van der Waals surface area contributed by atoms with E-state index in [0.717, 1.165) is 19.4 Å². The van der Waals surface area contributed by atoms with Crippen molar-refractivity contribution in [3.63, 3.8) is 0 Å². The van der Waals surface area contributed by atoms with E-state index in [4.69, 9.17) is 0 Å². The Labute approximate surface area is 74.4 Å². The maximum Gasteiger partial charge on any atom is 0.121 e. The Morgan fingerprint density at radius 2 is 2.08 bits per heavy atom. The fraction of sp³-hybridized carbons (Fsp3) is 0.889. The molecule has 0 aliphatic rings. The van der Waals surface area contributed by atoms with Gasteiger partial charge < -0.3 is 14.8 Å². The van der Waals surface area contributed by atoms with Crippen LogP contribution in [-0.4, -0.2) is 41.5 Å². The number of nitrogens with zero attached hydrogens (tertiary/aromatic N) is 1. The van der Waals surface area contributed by atoms with Crippen LogP contribution in [0.5, 0.6) is 0 Å². The normalized spacial score (nSPS) is 12.1. The van der Waals surface area contributed by atoms with Gasteiger partial charge in [-0.25, -0.2) is 0 Å². The lowest BCUT2D eigenvalue weighted by molar-refractivity contribution is -0.108. The molecule has 1 N–H and O–H groups in total. The average molecular weight is 173 g/mol. The Morgan fingerprint density at radius 1 is 1.50 bits per heavy atom. The van der Waals surface area contributed by atoms with Crippen molar-refractivity contribution >= 4 is 6.29 Å². The first-order valence-corrected chi connectivity index (χ1v) is 4.38. The van der Waals surface area contributed by atoms with E-state index in [1.807, 2.05) is 6.92 Å². The summed E-state index contributed by atoms with van der Waals surface area (Å²) in [4.78, 5) is 12.2. The van der Waals surface area contributed by atoms with Crippen molar-refractivity contribution in [2.24, 2.45) is 0 Å². The van der Waals surface area contributed by atoms with Crippen molar-refractivity contribution in [2.45, 2.75) is 32.8 Å². The molecule has 0 aromatic rings. The minimum absolute atomic E-state index is 0.546. The molecule has 0 heterocycles. The molecule has 0 fully saturated rings. The molecule has 0 atom stereocenters. The molecule has 0 saturated carbocycles. The van der Waals surface area contributed by atoms with Crippen molar-refractivity contribution in [1.29, 1.82) is 0 Å². The molecule has 12 heavy (non-hydrogen) atoms. The number of hydrogen-bond acceptors (Lipinski definition) is 3. The van der Waals surface area contributed by atoms with Gasteiger partial charge in [-0.2, -0.15) is 0 Å². The van der Waals surface area contributed by atoms with E-state index in [0.29, 0.717) is 13.0 Å². The van der Waals surface area contributed by atoms with E-state index in [-0.39, 0.29) is 0 Å². The lowest BCUT2D eigenvalue weighted by atomic mass is 10.1. The number of carbonyl (C=O) groups excluding carboxylic acids is 1. The molecular formula is C9H19NO2. The number of aldehydes is 1. The summed E-state index contributed by atoms with van der Waals surface area (Å²) >= 11 is 0. The van der Waals surface area contributed by atoms with Crippen LogP contribution < -0.4 is 0 Å². The van der Waals surface area contributed by atoms with Gasteiger partial charge in [0, 0.05) is 19.5 Å². The number of carbonyl (C=O) groups is 1. The second-order valence-electron chi connectivity index (χ2n) is 3.64. The van der Waals surface area contributed by atoms with Gasteiger partial charge in [0.1, 0.15) is 6.29 Å². The lowest BCUT2D eigenvalue weighted by Gasteiger charge is -2.27. The summed E-state index contributed by atoms with van der Waals surface area (Å²) in [7, 11) is 0. The van der Waals surface area contributed by atoms with Gasteiger partial charge in [-0.05, 0) is 20.4 Å². The third kappa shape index (κ3) is 6.31. The van der Waals surface area contributed by atoms with Crippen LogP contribution >= 0.6 is 0 Å². The van der Waals surface area contributed by atoms with Gasteiger partial charge in [0.2, 0.25) is 0 Å². The Morgan fingerprint density at radius 3 is 2.42 bits per heavy atom. The molecule has 0 saturated heterocycles. The lowest BCUT2D eigenvalue weighted by Crippen LogP contribution is -2.39. The first kappa shape index (κ1) is 11.6. The summed E-state index contributed by atoms with van der Waals surface area (Å²) in [6.45, 7) is 7.81. The average Bonchev–Trinajstić information content (AvgIpc) is 1.95. The minimum atomic E-state index is -0.668. The maximum atomic E-state index is 10.1. The van der Waals surface area contributed by atoms with E-state index in [9.17, 15) is 9.90 Å². The molecule has 0 aromatic heterocycles. The van der Waals surface area contributed by atoms with Gasteiger partial charge in [0.25, 0.3) is 0 Å². The zero-order valence-corrected chi connectivity index (χ0v) is 8.21. The number of rotatable bonds is 6. The van der Waals surface area contributed by atoms with E-state index in [2.05, 4.69) is 4.90 Å². The first-order valence-electron chi connectivity index (χ1n) is 4.38. The minimum Gasteiger partial charge on any atom is -0.389 e. The number of likely N-dealkylation sites (N-methyl/N-ethyl adjacent to an activating group) is 1. The van der Waals surface area contributed by atoms with E-state index >= 15 is 0 Å².